The number of aryl methyl sites for hydroxylation is 1. The smallest absolute Gasteiger partial charge is 0.232 e. The molecule has 9 nitrogen and oxygen atoms in total. The van der Waals surface area contributed by atoms with Crippen molar-refractivity contribution in [1.29, 1.82) is 0 Å². The van der Waals surface area contributed by atoms with E-state index in [0.717, 1.165) is 74.0 Å². The largest absolute Gasteiger partial charge is 0.340 e. The van der Waals surface area contributed by atoms with Gasteiger partial charge in [0.15, 0.2) is 5.82 Å². The third kappa shape index (κ3) is 7.10. The van der Waals surface area contributed by atoms with Crippen molar-refractivity contribution < 1.29 is 9.47 Å². The Morgan fingerprint density at radius 2 is 1.48 bits per heavy atom. The van der Waals surface area contributed by atoms with Crippen LogP contribution < -0.4 is 0 Å². The minimum atomic E-state index is -0.893. The Balaban J connectivity index is 1.29. The summed E-state index contributed by atoms with van der Waals surface area (Å²) in [5.74, 6) is 1.44. The maximum Gasteiger partial charge on any atom is 0.232 e. The monoisotopic (exact) mass is 597 g/mol. The molecule has 2 aromatic carbocycles. The lowest BCUT2D eigenvalue weighted by molar-refractivity contribution is -0.302. The van der Waals surface area contributed by atoms with Gasteiger partial charge in [0.2, 0.25) is 11.6 Å². The summed E-state index contributed by atoms with van der Waals surface area (Å²) >= 11 is 0. The lowest BCUT2D eigenvalue weighted by Gasteiger charge is -2.39. The van der Waals surface area contributed by atoms with E-state index in [4.69, 9.17) is 19.6 Å². The normalized spacial score (nSPS) is 16.9. The van der Waals surface area contributed by atoms with E-state index < -0.39 is 5.79 Å². The van der Waals surface area contributed by atoms with Gasteiger partial charge in [-0.1, -0.05) is 107 Å². The van der Waals surface area contributed by atoms with Gasteiger partial charge in [0.1, 0.15) is 5.82 Å². The number of nitrogens with one attached hydrogen (secondary N) is 1. The number of nitrogens with zero attached hydrogens (tertiary/aromatic N) is 6. The van der Waals surface area contributed by atoms with Crippen molar-refractivity contribution in [3.63, 3.8) is 0 Å². The minimum Gasteiger partial charge on any atom is -0.340 e. The van der Waals surface area contributed by atoms with E-state index in [-0.39, 0.29) is 12.2 Å². The van der Waals surface area contributed by atoms with E-state index in [9.17, 15) is 0 Å². The highest BCUT2D eigenvalue weighted by Gasteiger charge is 2.43. The van der Waals surface area contributed by atoms with Crippen molar-refractivity contribution in [3.05, 3.63) is 65.7 Å². The first kappa shape index (κ1) is 30.6. The van der Waals surface area contributed by atoms with E-state index in [0.29, 0.717) is 18.1 Å². The molecule has 0 spiro atoms. The third-order valence-corrected chi connectivity index (χ3v) is 9.08. The van der Waals surface area contributed by atoms with Crippen LogP contribution in [0, 0.1) is 0 Å². The predicted octanol–water partition coefficient (Wildman–Crippen LogP) is 7.78. The maximum atomic E-state index is 7.03. The van der Waals surface area contributed by atoms with E-state index in [1.54, 1.807) is 0 Å². The highest BCUT2D eigenvalue weighted by atomic mass is 16.7. The highest BCUT2D eigenvalue weighted by Crippen LogP contribution is 2.39. The van der Waals surface area contributed by atoms with Gasteiger partial charge in [0, 0.05) is 24.9 Å². The van der Waals surface area contributed by atoms with Gasteiger partial charge in [-0.25, -0.2) is 14.8 Å². The molecule has 0 bridgehead atoms. The average Bonchev–Trinajstić information content (AvgIpc) is 3.74. The first-order valence-electron chi connectivity index (χ1n) is 16.9. The molecule has 2 aliphatic rings. The number of hydrogen-bond acceptors (Lipinski definition) is 7. The van der Waals surface area contributed by atoms with Crippen LogP contribution in [0.3, 0.4) is 0 Å². The summed E-state index contributed by atoms with van der Waals surface area (Å²) in [5.41, 5.74) is 4.35. The highest BCUT2D eigenvalue weighted by molar-refractivity contribution is 5.80. The molecule has 234 valence electrons. The molecule has 0 unspecified atom stereocenters. The van der Waals surface area contributed by atoms with Crippen LogP contribution in [-0.2, 0) is 28.2 Å². The van der Waals surface area contributed by atoms with E-state index >= 15 is 0 Å². The number of ether oxygens (including phenoxy) is 2. The molecule has 2 aromatic heterocycles. The van der Waals surface area contributed by atoms with Crippen LogP contribution in [-0.4, -0.2) is 47.6 Å². The lowest BCUT2D eigenvalue weighted by Crippen LogP contribution is -2.42. The number of benzene rings is 2. The minimum absolute atomic E-state index is 0.198. The summed E-state index contributed by atoms with van der Waals surface area (Å²) < 4.78 is 16.2. The Morgan fingerprint density at radius 3 is 2.07 bits per heavy atom. The summed E-state index contributed by atoms with van der Waals surface area (Å²) in [6.45, 7) is 5.22. The summed E-state index contributed by atoms with van der Waals surface area (Å²) in [6, 6.07) is 16.9. The molecule has 0 saturated heterocycles. The number of hydrogen-bond donors (Lipinski definition) is 1. The molecule has 6 rings (SSSR count). The molecule has 0 aliphatic heterocycles. The Morgan fingerprint density at radius 1 is 0.818 bits per heavy atom. The molecular weight excluding hydrogens is 550 g/mol. The van der Waals surface area contributed by atoms with Gasteiger partial charge in [0.05, 0.1) is 12.2 Å². The summed E-state index contributed by atoms with van der Waals surface area (Å²) in [4.78, 5) is 5.25. The number of rotatable bonds is 13. The molecule has 44 heavy (non-hydrogen) atoms. The van der Waals surface area contributed by atoms with Crippen LogP contribution in [0.4, 0.5) is 0 Å². The molecule has 2 saturated carbocycles. The molecule has 0 amide bonds. The Hall–Kier alpha value is -3.43. The van der Waals surface area contributed by atoms with Gasteiger partial charge in [-0.2, -0.15) is 5.10 Å². The quantitative estimate of drug-likeness (QED) is 0.157. The predicted molar refractivity (Wildman–Crippen MR) is 171 cm³/mol. The summed E-state index contributed by atoms with van der Waals surface area (Å²) in [7, 11) is 0. The first-order chi connectivity index (χ1) is 21.7. The zero-order valence-electron chi connectivity index (χ0n) is 26.4. The second-order valence-electron chi connectivity index (χ2n) is 12.5. The van der Waals surface area contributed by atoms with Gasteiger partial charge in [0.25, 0.3) is 0 Å². The first-order valence-corrected chi connectivity index (χ1v) is 16.9. The molecule has 2 fully saturated rings. The molecule has 4 aromatic rings. The molecule has 9 heteroatoms. The standard InChI is InChI=1S/C35H47N7O2/c1-3-23-35(43-28-13-7-5-8-14-28,44-29-15-9-6-10-16-29)34-36-32(42(39-34)24-4-2)25-26-19-21-27(22-20-26)30-17-11-12-18-31(30)33-37-40-41-38-33/h11-12,17-22,28-29H,3-10,13-16,23-25H2,1-2H3,(H,37,38,40,41). The maximum absolute atomic E-state index is 7.03. The molecule has 2 aliphatic carbocycles. The third-order valence-electron chi connectivity index (χ3n) is 9.08. The fourth-order valence-corrected chi connectivity index (χ4v) is 6.85. The van der Waals surface area contributed by atoms with Crippen molar-refractivity contribution in [2.75, 3.05) is 0 Å². The zero-order chi connectivity index (χ0) is 30.2. The van der Waals surface area contributed by atoms with Crippen molar-refractivity contribution >= 4 is 0 Å². The molecule has 0 radical (unpaired) electrons. The molecular formula is C35H47N7O2. The SMILES string of the molecule is CCCn1nc(C(CCC)(OC2CCCCC2)OC2CCCCC2)nc1Cc1ccc(-c2ccccc2-c2nnn[nH]2)cc1. The number of aromatic amines is 1. The van der Waals surface area contributed by atoms with Crippen LogP contribution in [0.2, 0.25) is 0 Å². The average molecular weight is 598 g/mol. The van der Waals surface area contributed by atoms with Crippen molar-refractivity contribution in [2.24, 2.45) is 0 Å². The Labute approximate surface area is 261 Å². The fourth-order valence-electron chi connectivity index (χ4n) is 6.85. The van der Waals surface area contributed by atoms with Gasteiger partial charge in [-0.3, -0.25) is 0 Å². The van der Waals surface area contributed by atoms with Crippen LogP contribution in [0.1, 0.15) is 115 Å². The molecule has 2 heterocycles. The number of tetrazole rings is 1. The number of H-pyrrole nitrogens is 1. The lowest BCUT2D eigenvalue weighted by atomic mass is 9.96. The second kappa shape index (κ2) is 14.6. The Kier molecular flexibility index (Phi) is 10.1. The van der Waals surface area contributed by atoms with E-state index in [1.165, 1.54) is 44.1 Å². The molecule has 1 N–H and O–H groups in total. The topological polar surface area (TPSA) is 104 Å². The van der Waals surface area contributed by atoms with Crippen molar-refractivity contribution in [2.45, 2.75) is 128 Å². The van der Waals surface area contributed by atoms with Crippen molar-refractivity contribution in [1.82, 2.24) is 35.4 Å². The van der Waals surface area contributed by atoms with Gasteiger partial charge in [-0.15, -0.1) is 5.10 Å². The zero-order valence-corrected chi connectivity index (χ0v) is 26.4. The van der Waals surface area contributed by atoms with Crippen LogP contribution in [0.25, 0.3) is 22.5 Å². The van der Waals surface area contributed by atoms with Gasteiger partial charge in [-0.05, 0) is 59.2 Å². The van der Waals surface area contributed by atoms with Crippen LogP contribution in [0.15, 0.2) is 48.5 Å². The fraction of sp³-hybridized carbons (Fsp3) is 0.571. The van der Waals surface area contributed by atoms with Gasteiger partial charge < -0.3 is 9.47 Å². The number of aromatic nitrogens is 7. The van der Waals surface area contributed by atoms with E-state index in [1.807, 2.05) is 18.2 Å². The van der Waals surface area contributed by atoms with Gasteiger partial charge >= 0.3 is 0 Å². The summed E-state index contributed by atoms with van der Waals surface area (Å²) in [5, 5.41) is 19.7. The van der Waals surface area contributed by atoms with E-state index in [2.05, 4.69) is 69.5 Å². The molecule has 0 atom stereocenters. The summed E-state index contributed by atoms with van der Waals surface area (Å²) in [6.07, 6.45) is 15.6. The van der Waals surface area contributed by atoms with Crippen LogP contribution >= 0.6 is 0 Å². The van der Waals surface area contributed by atoms with Crippen LogP contribution in [0.5, 0.6) is 0 Å². The Bertz CT molecular complexity index is 1420. The van der Waals surface area contributed by atoms with Crippen molar-refractivity contribution in [3.8, 4) is 22.5 Å². The second-order valence-corrected chi connectivity index (χ2v) is 12.5.